The largest absolute Gasteiger partial charge is 0.381 e. The lowest BCUT2D eigenvalue weighted by Crippen LogP contribution is -2.49. The molecule has 2 aromatic carbocycles. The van der Waals surface area contributed by atoms with Crippen molar-refractivity contribution in [1.29, 1.82) is 0 Å². The van der Waals surface area contributed by atoms with Crippen molar-refractivity contribution in [2.45, 2.75) is 44.6 Å². The molecule has 1 amide bonds. The molecule has 3 nitrogen and oxygen atoms in total. The summed E-state index contributed by atoms with van der Waals surface area (Å²) < 4.78 is 5.55. The molecule has 0 bridgehead atoms. The van der Waals surface area contributed by atoms with Crippen LogP contribution < -0.4 is 5.32 Å². The number of carbonyl (C=O) groups excluding carboxylic acids is 1. The van der Waals surface area contributed by atoms with Crippen LogP contribution in [-0.4, -0.2) is 19.1 Å². The molecule has 0 aromatic heterocycles. The van der Waals surface area contributed by atoms with Gasteiger partial charge in [0, 0.05) is 13.2 Å². The summed E-state index contributed by atoms with van der Waals surface area (Å²) in [6.45, 7) is 5.48. The lowest BCUT2D eigenvalue weighted by molar-refractivity contribution is -0.131. The Balaban J connectivity index is 1.89. The maximum absolute atomic E-state index is 13.4. The third-order valence-electron chi connectivity index (χ3n) is 5.38. The van der Waals surface area contributed by atoms with E-state index in [9.17, 15) is 4.79 Å². The van der Waals surface area contributed by atoms with Crippen LogP contribution in [0, 0.1) is 6.92 Å². The number of carbonyl (C=O) groups is 1. The van der Waals surface area contributed by atoms with Crippen LogP contribution >= 0.6 is 0 Å². The third kappa shape index (κ3) is 3.62. The van der Waals surface area contributed by atoms with E-state index in [0.717, 1.165) is 24.8 Å². The lowest BCUT2D eigenvalue weighted by atomic mass is 9.73. The summed E-state index contributed by atoms with van der Waals surface area (Å²) in [7, 11) is 0. The molecule has 3 heteroatoms. The summed E-state index contributed by atoms with van der Waals surface area (Å²) in [5, 5.41) is 3.34. The first-order chi connectivity index (χ1) is 12.2. The molecule has 3 rings (SSSR count). The zero-order chi connectivity index (χ0) is 17.7. The molecule has 1 unspecified atom stereocenters. The molecule has 1 N–H and O–H groups in total. The molecule has 1 atom stereocenters. The van der Waals surface area contributed by atoms with Crippen molar-refractivity contribution in [1.82, 2.24) is 5.32 Å². The number of aryl methyl sites for hydroxylation is 1. The first-order valence-electron chi connectivity index (χ1n) is 9.17. The normalized spacial score (nSPS) is 17.7. The topological polar surface area (TPSA) is 38.3 Å². The SMILES string of the molecule is CCC(NC(=O)C1(c2ccccc2)CCOCC1)c1ccccc1C. The van der Waals surface area contributed by atoms with Crippen LogP contribution in [0.15, 0.2) is 54.6 Å². The Labute approximate surface area is 150 Å². The molecule has 1 aliphatic heterocycles. The van der Waals surface area contributed by atoms with Gasteiger partial charge < -0.3 is 10.1 Å². The Hall–Kier alpha value is -2.13. The Bertz CT molecular complexity index is 705. The fraction of sp³-hybridized carbons (Fsp3) is 0.409. The van der Waals surface area contributed by atoms with Gasteiger partial charge in [-0.25, -0.2) is 0 Å². The Morgan fingerprint density at radius 2 is 1.72 bits per heavy atom. The first-order valence-corrected chi connectivity index (χ1v) is 9.17. The maximum Gasteiger partial charge on any atom is 0.231 e. The van der Waals surface area contributed by atoms with Gasteiger partial charge in [0.25, 0.3) is 0 Å². The van der Waals surface area contributed by atoms with E-state index in [-0.39, 0.29) is 11.9 Å². The van der Waals surface area contributed by atoms with Gasteiger partial charge in [0.05, 0.1) is 11.5 Å². The number of hydrogen-bond donors (Lipinski definition) is 1. The highest BCUT2D eigenvalue weighted by atomic mass is 16.5. The Morgan fingerprint density at radius 3 is 2.36 bits per heavy atom. The summed E-state index contributed by atoms with van der Waals surface area (Å²) >= 11 is 0. The van der Waals surface area contributed by atoms with Crippen LogP contribution in [0.5, 0.6) is 0 Å². The highest BCUT2D eigenvalue weighted by Crippen LogP contribution is 2.36. The van der Waals surface area contributed by atoms with E-state index in [2.05, 4.69) is 43.4 Å². The van der Waals surface area contributed by atoms with Crippen molar-refractivity contribution < 1.29 is 9.53 Å². The third-order valence-corrected chi connectivity index (χ3v) is 5.38. The Kier molecular flexibility index (Phi) is 5.54. The van der Waals surface area contributed by atoms with Crippen molar-refractivity contribution in [2.75, 3.05) is 13.2 Å². The van der Waals surface area contributed by atoms with Crippen molar-refractivity contribution in [3.63, 3.8) is 0 Å². The van der Waals surface area contributed by atoms with Gasteiger partial charge in [-0.15, -0.1) is 0 Å². The Morgan fingerprint density at radius 1 is 1.08 bits per heavy atom. The van der Waals surface area contributed by atoms with E-state index >= 15 is 0 Å². The predicted molar refractivity (Wildman–Crippen MR) is 101 cm³/mol. The van der Waals surface area contributed by atoms with E-state index in [1.807, 2.05) is 30.3 Å². The summed E-state index contributed by atoms with van der Waals surface area (Å²) in [5.41, 5.74) is 3.02. The maximum atomic E-state index is 13.4. The minimum Gasteiger partial charge on any atom is -0.381 e. The van der Waals surface area contributed by atoms with E-state index in [1.165, 1.54) is 11.1 Å². The molecule has 25 heavy (non-hydrogen) atoms. The zero-order valence-corrected chi connectivity index (χ0v) is 15.1. The van der Waals surface area contributed by atoms with Gasteiger partial charge in [-0.1, -0.05) is 61.5 Å². The molecule has 0 spiro atoms. The molecule has 0 saturated carbocycles. The van der Waals surface area contributed by atoms with Crippen molar-refractivity contribution in [3.05, 3.63) is 71.3 Å². The van der Waals surface area contributed by atoms with Gasteiger partial charge in [-0.05, 0) is 42.9 Å². The second kappa shape index (κ2) is 7.83. The minimum atomic E-state index is -0.490. The standard InChI is InChI=1S/C22H27NO2/c1-3-20(19-12-8-7-9-17(19)2)23-21(24)22(13-15-25-16-14-22)18-10-5-4-6-11-18/h4-12,20H,3,13-16H2,1-2H3,(H,23,24). The van der Waals surface area contributed by atoms with E-state index in [4.69, 9.17) is 4.74 Å². The van der Waals surface area contributed by atoms with Crippen LogP contribution in [0.1, 0.15) is 48.9 Å². The van der Waals surface area contributed by atoms with Gasteiger partial charge >= 0.3 is 0 Å². The second-order valence-corrected chi connectivity index (χ2v) is 6.85. The summed E-state index contributed by atoms with van der Waals surface area (Å²) in [6.07, 6.45) is 2.33. The van der Waals surface area contributed by atoms with E-state index in [0.29, 0.717) is 13.2 Å². The fourth-order valence-electron chi connectivity index (χ4n) is 3.80. The van der Waals surface area contributed by atoms with Gasteiger partial charge in [-0.3, -0.25) is 4.79 Å². The van der Waals surface area contributed by atoms with Crippen LogP contribution in [0.2, 0.25) is 0 Å². The number of nitrogens with one attached hydrogen (secondary N) is 1. The molecule has 1 fully saturated rings. The van der Waals surface area contributed by atoms with E-state index < -0.39 is 5.41 Å². The number of hydrogen-bond acceptors (Lipinski definition) is 2. The average Bonchev–Trinajstić information content (AvgIpc) is 2.68. The molecule has 0 radical (unpaired) electrons. The molecule has 1 saturated heterocycles. The molecule has 132 valence electrons. The van der Waals surface area contributed by atoms with Crippen LogP contribution in [0.3, 0.4) is 0 Å². The van der Waals surface area contributed by atoms with E-state index in [1.54, 1.807) is 0 Å². The molecular weight excluding hydrogens is 310 g/mol. The monoisotopic (exact) mass is 337 g/mol. The zero-order valence-electron chi connectivity index (χ0n) is 15.1. The smallest absolute Gasteiger partial charge is 0.231 e. The van der Waals surface area contributed by atoms with Crippen molar-refractivity contribution in [2.24, 2.45) is 0 Å². The fourth-order valence-corrected chi connectivity index (χ4v) is 3.80. The average molecular weight is 337 g/mol. The number of amides is 1. The molecule has 1 heterocycles. The van der Waals surface area contributed by atoms with Crippen molar-refractivity contribution >= 4 is 5.91 Å². The molecular formula is C22H27NO2. The lowest BCUT2D eigenvalue weighted by Gasteiger charge is -2.37. The summed E-state index contributed by atoms with van der Waals surface area (Å²) in [6, 6.07) is 18.5. The predicted octanol–water partition coefficient (Wildman–Crippen LogP) is 4.31. The van der Waals surface area contributed by atoms with Gasteiger partial charge in [0.1, 0.15) is 0 Å². The van der Waals surface area contributed by atoms with Crippen molar-refractivity contribution in [3.8, 4) is 0 Å². The summed E-state index contributed by atoms with van der Waals surface area (Å²) in [5.74, 6) is 0.122. The first kappa shape index (κ1) is 17.7. The molecule has 2 aromatic rings. The minimum absolute atomic E-state index is 0.0390. The van der Waals surface area contributed by atoms with Crippen LogP contribution in [-0.2, 0) is 14.9 Å². The highest BCUT2D eigenvalue weighted by Gasteiger charge is 2.42. The summed E-state index contributed by atoms with van der Waals surface area (Å²) in [4.78, 5) is 13.4. The highest BCUT2D eigenvalue weighted by molar-refractivity contribution is 5.88. The quantitative estimate of drug-likeness (QED) is 0.883. The van der Waals surface area contributed by atoms with Crippen LogP contribution in [0.25, 0.3) is 0 Å². The van der Waals surface area contributed by atoms with Crippen LogP contribution in [0.4, 0.5) is 0 Å². The van der Waals surface area contributed by atoms with Gasteiger partial charge in [-0.2, -0.15) is 0 Å². The van der Waals surface area contributed by atoms with Gasteiger partial charge in [0.2, 0.25) is 5.91 Å². The number of rotatable bonds is 5. The number of ether oxygens (including phenoxy) is 1. The number of benzene rings is 2. The molecule has 1 aliphatic rings. The second-order valence-electron chi connectivity index (χ2n) is 6.85. The molecule has 0 aliphatic carbocycles. The van der Waals surface area contributed by atoms with Gasteiger partial charge in [0.15, 0.2) is 0 Å².